The molecule has 0 atom stereocenters. The van der Waals surface area contributed by atoms with Crippen molar-refractivity contribution in [3.8, 4) is 6.07 Å². The van der Waals surface area contributed by atoms with E-state index in [1.807, 2.05) is 6.07 Å². The maximum absolute atomic E-state index is 10.3. The van der Waals surface area contributed by atoms with Crippen LogP contribution in [0.25, 0.3) is 0 Å². The number of hydrogen-bond acceptors (Lipinski definition) is 4. The fraction of sp³-hybridized carbons (Fsp3) is 0.333. The van der Waals surface area contributed by atoms with Gasteiger partial charge in [0.25, 0.3) is 0 Å². The lowest BCUT2D eigenvalue weighted by molar-refractivity contribution is -0.392. The number of imidazole rings is 1. The number of rotatable bonds is 2. The summed E-state index contributed by atoms with van der Waals surface area (Å²) in [5.41, 5.74) is 0. The summed E-state index contributed by atoms with van der Waals surface area (Å²) in [6, 6.07) is 1.82. The van der Waals surface area contributed by atoms with Crippen LogP contribution in [0.15, 0.2) is 6.20 Å². The molecule has 0 bridgehead atoms. The van der Waals surface area contributed by atoms with Gasteiger partial charge in [0.2, 0.25) is 0 Å². The van der Waals surface area contributed by atoms with E-state index >= 15 is 0 Å². The SMILES string of the molecule is Cc1ncc([N+](=O)[O-])n1CC#N. The van der Waals surface area contributed by atoms with Gasteiger partial charge in [-0.15, -0.1) is 0 Å². The zero-order chi connectivity index (χ0) is 9.14. The van der Waals surface area contributed by atoms with Crippen LogP contribution in [0, 0.1) is 28.4 Å². The van der Waals surface area contributed by atoms with Gasteiger partial charge in [-0.1, -0.05) is 0 Å². The molecule has 0 fully saturated rings. The van der Waals surface area contributed by atoms with Gasteiger partial charge in [-0.3, -0.25) is 0 Å². The van der Waals surface area contributed by atoms with E-state index in [9.17, 15) is 10.1 Å². The summed E-state index contributed by atoms with van der Waals surface area (Å²) in [7, 11) is 0. The lowest BCUT2D eigenvalue weighted by Gasteiger charge is -1.95. The Morgan fingerprint density at radius 1 is 1.92 bits per heavy atom. The number of aryl methyl sites for hydroxylation is 1. The van der Waals surface area contributed by atoms with Gasteiger partial charge in [-0.25, -0.2) is 4.98 Å². The molecule has 0 radical (unpaired) electrons. The smallest absolute Gasteiger partial charge is 0.343 e. The second-order valence-electron chi connectivity index (χ2n) is 2.16. The molecule has 62 valence electrons. The Morgan fingerprint density at radius 2 is 2.58 bits per heavy atom. The van der Waals surface area contributed by atoms with Crippen LogP contribution in [0.3, 0.4) is 0 Å². The fourth-order valence-electron chi connectivity index (χ4n) is 0.868. The molecule has 0 saturated carbocycles. The monoisotopic (exact) mass is 166 g/mol. The van der Waals surface area contributed by atoms with Crippen molar-refractivity contribution in [2.75, 3.05) is 0 Å². The molecule has 0 saturated heterocycles. The number of nitro groups is 1. The molecule has 0 spiro atoms. The first kappa shape index (κ1) is 8.20. The molecule has 0 aromatic carbocycles. The molecule has 0 aliphatic heterocycles. The zero-order valence-electron chi connectivity index (χ0n) is 6.39. The summed E-state index contributed by atoms with van der Waals surface area (Å²) < 4.78 is 1.25. The number of nitriles is 1. The lowest BCUT2D eigenvalue weighted by Crippen LogP contribution is -2.03. The van der Waals surface area contributed by atoms with Gasteiger partial charge in [-0.2, -0.15) is 9.83 Å². The number of hydrogen-bond donors (Lipinski definition) is 0. The molecule has 0 amide bonds. The minimum atomic E-state index is -0.558. The maximum Gasteiger partial charge on any atom is 0.343 e. The summed E-state index contributed by atoms with van der Waals surface area (Å²) in [6.07, 6.45) is 1.15. The van der Waals surface area contributed by atoms with Gasteiger partial charge in [0.05, 0.1) is 0 Å². The van der Waals surface area contributed by atoms with Crippen molar-refractivity contribution in [2.45, 2.75) is 13.5 Å². The second kappa shape index (κ2) is 3.00. The highest BCUT2D eigenvalue weighted by atomic mass is 16.6. The molecule has 0 N–H and O–H groups in total. The first-order valence-electron chi connectivity index (χ1n) is 3.20. The van der Waals surface area contributed by atoms with Crippen molar-refractivity contribution in [2.24, 2.45) is 0 Å². The van der Waals surface area contributed by atoms with Gasteiger partial charge in [0, 0.05) is 6.92 Å². The number of aromatic nitrogens is 2. The standard InChI is InChI=1S/C6H6N4O2/c1-5-8-4-6(10(11)12)9(5)3-2-7/h4H,3H2,1H3. The third-order valence-corrected chi connectivity index (χ3v) is 1.45. The minimum Gasteiger partial charge on any atom is -0.358 e. The summed E-state index contributed by atoms with van der Waals surface area (Å²) in [4.78, 5) is 13.5. The van der Waals surface area contributed by atoms with Crippen molar-refractivity contribution >= 4 is 5.82 Å². The third kappa shape index (κ3) is 1.25. The van der Waals surface area contributed by atoms with E-state index in [4.69, 9.17) is 5.26 Å². The number of nitrogens with zero attached hydrogens (tertiary/aromatic N) is 4. The minimum absolute atomic E-state index is 0.0395. The molecule has 6 heteroatoms. The van der Waals surface area contributed by atoms with Crippen LogP contribution in [0.1, 0.15) is 5.82 Å². The van der Waals surface area contributed by atoms with Gasteiger partial charge in [0.1, 0.15) is 12.3 Å². The predicted octanol–water partition coefficient (Wildman–Crippen LogP) is 0.623. The Labute approximate surface area is 68.2 Å². The molecule has 6 nitrogen and oxygen atoms in total. The summed E-state index contributed by atoms with van der Waals surface area (Å²) in [6.45, 7) is 1.58. The molecule has 1 rings (SSSR count). The van der Waals surface area contributed by atoms with Crippen LogP contribution in [0.2, 0.25) is 0 Å². The van der Waals surface area contributed by atoms with E-state index < -0.39 is 4.92 Å². The molecular formula is C6H6N4O2. The van der Waals surface area contributed by atoms with Crippen LogP contribution in [-0.4, -0.2) is 14.5 Å². The molecular weight excluding hydrogens is 160 g/mol. The van der Waals surface area contributed by atoms with Crippen molar-refractivity contribution in [3.05, 3.63) is 22.1 Å². The maximum atomic E-state index is 10.3. The molecule has 12 heavy (non-hydrogen) atoms. The highest BCUT2D eigenvalue weighted by molar-refractivity contribution is 5.19. The van der Waals surface area contributed by atoms with Crippen LogP contribution in [0.4, 0.5) is 5.82 Å². The highest BCUT2D eigenvalue weighted by Gasteiger charge is 2.15. The van der Waals surface area contributed by atoms with Crippen molar-refractivity contribution < 1.29 is 4.92 Å². The van der Waals surface area contributed by atoms with E-state index in [0.29, 0.717) is 5.82 Å². The Bertz CT molecular complexity index is 349. The summed E-state index contributed by atoms with van der Waals surface area (Å²) in [5.74, 6) is 0.331. The van der Waals surface area contributed by atoms with Gasteiger partial charge in [-0.05, 0) is 4.92 Å². The summed E-state index contributed by atoms with van der Waals surface area (Å²) in [5, 5.41) is 18.7. The van der Waals surface area contributed by atoms with E-state index in [2.05, 4.69) is 4.98 Å². The van der Waals surface area contributed by atoms with E-state index in [1.165, 1.54) is 4.57 Å². The quantitative estimate of drug-likeness (QED) is 0.476. The Kier molecular flexibility index (Phi) is 2.05. The molecule has 1 aromatic heterocycles. The average Bonchev–Trinajstić information content (AvgIpc) is 2.34. The zero-order valence-corrected chi connectivity index (χ0v) is 6.39. The van der Waals surface area contributed by atoms with E-state index in [0.717, 1.165) is 6.20 Å². The Hall–Kier alpha value is -1.90. The van der Waals surface area contributed by atoms with E-state index in [-0.39, 0.29) is 12.4 Å². The molecule has 0 aliphatic rings. The first-order valence-corrected chi connectivity index (χ1v) is 3.20. The van der Waals surface area contributed by atoms with E-state index in [1.54, 1.807) is 6.92 Å². The van der Waals surface area contributed by atoms with Gasteiger partial charge in [0.15, 0.2) is 12.4 Å². The van der Waals surface area contributed by atoms with Crippen LogP contribution in [0.5, 0.6) is 0 Å². The van der Waals surface area contributed by atoms with Crippen molar-refractivity contribution in [1.82, 2.24) is 9.55 Å². The largest absolute Gasteiger partial charge is 0.358 e. The molecule has 0 unspecified atom stereocenters. The highest BCUT2D eigenvalue weighted by Crippen LogP contribution is 2.12. The topological polar surface area (TPSA) is 84.8 Å². The van der Waals surface area contributed by atoms with Gasteiger partial charge < -0.3 is 10.1 Å². The molecule has 1 heterocycles. The average molecular weight is 166 g/mol. The van der Waals surface area contributed by atoms with Crippen molar-refractivity contribution in [3.63, 3.8) is 0 Å². The van der Waals surface area contributed by atoms with Crippen molar-refractivity contribution in [1.29, 1.82) is 5.26 Å². The molecule has 1 aromatic rings. The fourth-order valence-corrected chi connectivity index (χ4v) is 0.868. The molecule has 0 aliphatic carbocycles. The van der Waals surface area contributed by atoms with Crippen LogP contribution in [-0.2, 0) is 6.54 Å². The lowest BCUT2D eigenvalue weighted by atomic mass is 10.6. The third-order valence-electron chi connectivity index (χ3n) is 1.45. The second-order valence-corrected chi connectivity index (χ2v) is 2.16. The Morgan fingerprint density at radius 3 is 3.08 bits per heavy atom. The normalized spacial score (nSPS) is 9.33. The van der Waals surface area contributed by atoms with Gasteiger partial charge >= 0.3 is 5.82 Å². The first-order chi connectivity index (χ1) is 5.66. The summed E-state index contributed by atoms with van der Waals surface area (Å²) >= 11 is 0. The van der Waals surface area contributed by atoms with Crippen LogP contribution < -0.4 is 0 Å². The van der Waals surface area contributed by atoms with Crippen LogP contribution >= 0.6 is 0 Å². The predicted molar refractivity (Wildman–Crippen MR) is 39.2 cm³/mol. The Balaban J connectivity index is 3.14.